The van der Waals surface area contributed by atoms with Gasteiger partial charge in [0, 0.05) is 43.7 Å². The van der Waals surface area contributed by atoms with Gasteiger partial charge in [-0.05, 0) is 18.9 Å². The third kappa shape index (κ3) is 3.39. The lowest BCUT2D eigenvalue weighted by molar-refractivity contribution is 0.131. The zero-order chi connectivity index (χ0) is 14.5. The van der Waals surface area contributed by atoms with Crippen molar-refractivity contribution < 1.29 is 14.2 Å². The number of nitrogens with one attached hydrogen (secondary N) is 1. The summed E-state index contributed by atoms with van der Waals surface area (Å²) in [5.74, 6) is 1.55. The molecule has 2 atom stereocenters. The highest BCUT2D eigenvalue weighted by atomic mass is 16.5. The van der Waals surface area contributed by atoms with Crippen molar-refractivity contribution in [1.82, 2.24) is 5.32 Å². The summed E-state index contributed by atoms with van der Waals surface area (Å²) in [6.07, 6.45) is 2.26. The minimum Gasteiger partial charge on any atom is -0.493 e. The van der Waals surface area contributed by atoms with Crippen LogP contribution in [0, 0.1) is 5.41 Å². The molecule has 1 aromatic rings. The third-order valence-corrected chi connectivity index (χ3v) is 4.65. The summed E-state index contributed by atoms with van der Waals surface area (Å²) >= 11 is 0. The highest BCUT2D eigenvalue weighted by Gasteiger charge is 2.39. The van der Waals surface area contributed by atoms with E-state index in [0.29, 0.717) is 5.92 Å². The maximum Gasteiger partial charge on any atom is 0.122 e. The van der Waals surface area contributed by atoms with Crippen LogP contribution in [0.15, 0.2) is 24.3 Å². The first-order chi connectivity index (χ1) is 10.3. The van der Waals surface area contributed by atoms with Crippen molar-refractivity contribution >= 4 is 0 Å². The van der Waals surface area contributed by atoms with Gasteiger partial charge in [-0.25, -0.2) is 0 Å². The summed E-state index contributed by atoms with van der Waals surface area (Å²) in [5.41, 5.74) is 1.60. The molecule has 0 saturated carbocycles. The average molecular weight is 291 g/mol. The largest absolute Gasteiger partial charge is 0.493 e. The Hall–Kier alpha value is -1.10. The number of hydrogen-bond donors (Lipinski definition) is 1. The Morgan fingerprint density at radius 3 is 3.10 bits per heavy atom. The summed E-state index contributed by atoms with van der Waals surface area (Å²) in [5, 5.41) is 3.52. The highest BCUT2D eigenvalue weighted by Crippen LogP contribution is 2.43. The first kappa shape index (κ1) is 14.8. The maximum atomic E-state index is 5.83. The Kier molecular flexibility index (Phi) is 4.78. The second-order valence-electron chi connectivity index (χ2n) is 6.22. The Morgan fingerprint density at radius 2 is 2.29 bits per heavy atom. The molecule has 0 spiro atoms. The monoisotopic (exact) mass is 291 g/mol. The van der Waals surface area contributed by atoms with Crippen LogP contribution in [0.2, 0.25) is 0 Å². The van der Waals surface area contributed by atoms with E-state index in [2.05, 4.69) is 23.5 Å². The van der Waals surface area contributed by atoms with E-state index in [1.54, 1.807) is 7.11 Å². The van der Waals surface area contributed by atoms with Crippen LogP contribution in [-0.2, 0) is 9.47 Å². The second-order valence-corrected chi connectivity index (χ2v) is 6.22. The molecule has 0 amide bonds. The van der Waals surface area contributed by atoms with Crippen LogP contribution in [0.1, 0.15) is 24.3 Å². The number of para-hydroxylation sites is 1. The lowest BCUT2D eigenvalue weighted by Gasteiger charge is -2.30. The molecular weight excluding hydrogens is 266 g/mol. The molecule has 2 aliphatic rings. The molecule has 4 nitrogen and oxygen atoms in total. The Labute approximate surface area is 126 Å². The maximum absolute atomic E-state index is 5.83. The summed E-state index contributed by atoms with van der Waals surface area (Å²) in [6, 6.07) is 8.43. The summed E-state index contributed by atoms with van der Waals surface area (Å²) in [6.45, 7) is 5.18. The highest BCUT2D eigenvalue weighted by molar-refractivity contribution is 5.39. The van der Waals surface area contributed by atoms with E-state index >= 15 is 0 Å². The smallest absolute Gasteiger partial charge is 0.122 e. The Bertz CT molecular complexity index is 457. The first-order valence-electron chi connectivity index (χ1n) is 7.82. The molecule has 116 valence electrons. The number of fused-ring (bicyclic) bond motifs is 1. The minimum atomic E-state index is 0.235. The molecule has 0 bridgehead atoms. The molecule has 3 rings (SSSR count). The molecule has 21 heavy (non-hydrogen) atoms. The predicted octanol–water partition coefficient (Wildman–Crippen LogP) is 2.20. The van der Waals surface area contributed by atoms with Gasteiger partial charge in [-0.3, -0.25) is 0 Å². The van der Waals surface area contributed by atoms with Gasteiger partial charge in [0.15, 0.2) is 0 Å². The molecular formula is C17H25NO3. The fraction of sp³-hybridized carbons (Fsp3) is 0.647. The molecule has 0 radical (unpaired) electrons. The van der Waals surface area contributed by atoms with Crippen LogP contribution in [-0.4, -0.2) is 46.6 Å². The Morgan fingerprint density at radius 1 is 1.38 bits per heavy atom. The lowest BCUT2D eigenvalue weighted by Crippen LogP contribution is -2.37. The van der Waals surface area contributed by atoms with Crippen molar-refractivity contribution in [2.45, 2.75) is 18.8 Å². The molecule has 1 N–H and O–H groups in total. The molecule has 2 unspecified atom stereocenters. The summed E-state index contributed by atoms with van der Waals surface area (Å²) in [7, 11) is 1.74. The summed E-state index contributed by atoms with van der Waals surface area (Å²) < 4.78 is 16.6. The third-order valence-electron chi connectivity index (χ3n) is 4.65. The van der Waals surface area contributed by atoms with Gasteiger partial charge in [-0.2, -0.15) is 0 Å². The first-order valence-corrected chi connectivity index (χ1v) is 7.82. The quantitative estimate of drug-likeness (QED) is 0.782. The van der Waals surface area contributed by atoms with E-state index in [1.807, 2.05) is 6.07 Å². The fourth-order valence-electron chi connectivity index (χ4n) is 3.47. The van der Waals surface area contributed by atoms with Crippen LogP contribution in [0.25, 0.3) is 0 Å². The van der Waals surface area contributed by atoms with Crippen molar-refractivity contribution in [3.8, 4) is 5.75 Å². The molecule has 1 aromatic carbocycles. The number of hydrogen-bond acceptors (Lipinski definition) is 4. The van der Waals surface area contributed by atoms with Gasteiger partial charge in [0.2, 0.25) is 0 Å². The molecule has 0 aliphatic carbocycles. The minimum absolute atomic E-state index is 0.235. The van der Waals surface area contributed by atoms with Crippen LogP contribution in [0.3, 0.4) is 0 Å². The number of ether oxygens (including phenoxy) is 3. The van der Waals surface area contributed by atoms with E-state index in [1.165, 1.54) is 5.56 Å². The van der Waals surface area contributed by atoms with Crippen LogP contribution in [0.5, 0.6) is 5.75 Å². The second kappa shape index (κ2) is 6.77. The molecule has 0 aromatic heterocycles. The van der Waals surface area contributed by atoms with Gasteiger partial charge >= 0.3 is 0 Å². The van der Waals surface area contributed by atoms with E-state index in [0.717, 1.165) is 58.1 Å². The zero-order valence-electron chi connectivity index (χ0n) is 12.8. The number of methoxy groups -OCH3 is 1. The van der Waals surface area contributed by atoms with Crippen LogP contribution < -0.4 is 10.1 Å². The summed E-state index contributed by atoms with van der Waals surface area (Å²) in [4.78, 5) is 0. The van der Waals surface area contributed by atoms with Crippen molar-refractivity contribution in [2.24, 2.45) is 5.41 Å². The number of benzene rings is 1. The topological polar surface area (TPSA) is 39.7 Å². The van der Waals surface area contributed by atoms with Gasteiger partial charge in [-0.1, -0.05) is 18.2 Å². The standard InChI is InChI=1S/C17H25NO3/c1-19-9-7-18-12-17(6-8-20-13-17)10-14-11-21-16-5-3-2-4-15(14)16/h2-5,14,18H,6-13H2,1H3. The van der Waals surface area contributed by atoms with Gasteiger partial charge in [0.05, 0.1) is 19.8 Å². The molecule has 2 aliphatic heterocycles. The van der Waals surface area contributed by atoms with Crippen molar-refractivity contribution in [2.75, 3.05) is 46.6 Å². The molecule has 2 heterocycles. The van der Waals surface area contributed by atoms with E-state index < -0.39 is 0 Å². The number of rotatable bonds is 7. The van der Waals surface area contributed by atoms with Gasteiger partial charge in [-0.15, -0.1) is 0 Å². The van der Waals surface area contributed by atoms with Gasteiger partial charge in [0.1, 0.15) is 5.75 Å². The fourth-order valence-corrected chi connectivity index (χ4v) is 3.47. The molecule has 4 heteroatoms. The van der Waals surface area contributed by atoms with Crippen LogP contribution >= 0.6 is 0 Å². The lowest BCUT2D eigenvalue weighted by atomic mass is 9.77. The average Bonchev–Trinajstić information content (AvgIpc) is 3.13. The van der Waals surface area contributed by atoms with E-state index in [-0.39, 0.29) is 5.41 Å². The van der Waals surface area contributed by atoms with Gasteiger partial charge in [0.25, 0.3) is 0 Å². The van der Waals surface area contributed by atoms with Crippen molar-refractivity contribution in [3.05, 3.63) is 29.8 Å². The van der Waals surface area contributed by atoms with E-state index in [4.69, 9.17) is 14.2 Å². The normalized spacial score (nSPS) is 27.6. The van der Waals surface area contributed by atoms with Crippen molar-refractivity contribution in [1.29, 1.82) is 0 Å². The Balaban J connectivity index is 1.63. The SMILES string of the molecule is COCCNCC1(CC2COc3ccccc32)CCOC1. The molecule has 1 fully saturated rings. The van der Waals surface area contributed by atoms with Crippen molar-refractivity contribution in [3.63, 3.8) is 0 Å². The van der Waals surface area contributed by atoms with Crippen LogP contribution in [0.4, 0.5) is 0 Å². The zero-order valence-corrected chi connectivity index (χ0v) is 12.8. The van der Waals surface area contributed by atoms with E-state index in [9.17, 15) is 0 Å². The molecule has 1 saturated heterocycles. The van der Waals surface area contributed by atoms with Gasteiger partial charge < -0.3 is 19.5 Å². The predicted molar refractivity (Wildman–Crippen MR) is 81.9 cm³/mol.